The van der Waals surface area contributed by atoms with Crippen LogP contribution in [0.25, 0.3) is 11.3 Å². The average molecular weight is 272 g/mol. The topological polar surface area (TPSA) is 79.9 Å². The van der Waals surface area contributed by atoms with Gasteiger partial charge in [-0.2, -0.15) is 5.10 Å². The van der Waals surface area contributed by atoms with Crippen molar-refractivity contribution in [3.8, 4) is 11.3 Å². The molecular weight excluding hydrogens is 256 g/mol. The number of ether oxygens (including phenoxy) is 1. The molecule has 0 radical (unpaired) electrons. The van der Waals surface area contributed by atoms with Crippen molar-refractivity contribution < 1.29 is 9.53 Å². The maximum atomic E-state index is 12.0. The molecule has 6 nitrogen and oxygen atoms in total. The fourth-order valence-electron chi connectivity index (χ4n) is 2.22. The van der Waals surface area contributed by atoms with Gasteiger partial charge >= 0.3 is 0 Å². The van der Waals surface area contributed by atoms with E-state index in [4.69, 9.17) is 4.74 Å². The van der Waals surface area contributed by atoms with E-state index >= 15 is 0 Å². The Morgan fingerprint density at radius 2 is 2.30 bits per heavy atom. The predicted octanol–water partition coefficient (Wildman–Crippen LogP) is 1.38. The van der Waals surface area contributed by atoms with Crippen molar-refractivity contribution in [1.82, 2.24) is 20.5 Å². The van der Waals surface area contributed by atoms with E-state index in [1.54, 1.807) is 18.5 Å². The van der Waals surface area contributed by atoms with Crippen molar-refractivity contribution >= 4 is 5.91 Å². The quantitative estimate of drug-likeness (QED) is 0.881. The standard InChI is InChI=1S/C14H16N4O2/c19-14(16-9-11-2-1-7-20-11)13-8-12(17-18-13)10-3-5-15-6-4-10/h3-6,8,11H,1-2,7,9H2,(H,16,19)(H,17,18). The summed E-state index contributed by atoms with van der Waals surface area (Å²) in [7, 11) is 0. The van der Waals surface area contributed by atoms with E-state index in [9.17, 15) is 4.79 Å². The molecule has 1 atom stereocenters. The zero-order valence-corrected chi connectivity index (χ0v) is 11.0. The molecule has 1 unspecified atom stereocenters. The number of aromatic nitrogens is 3. The van der Waals surface area contributed by atoms with Crippen molar-refractivity contribution in [3.63, 3.8) is 0 Å². The normalized spacial score (nSPS) is 18.1. The zero-order valence-electron chi connectivity index (χ0n) is 11.0. The molecule has 0 aromatic carbocycles. The molecule has 3 rings (SSSR count). The number of amides is 1. The van der Waals surface area contributed by atoms with Crippen LogP contribution in [-0.4, -0.2) is 40.3 Å². The van der Waals surface area contributed by atoms with E-state index in [0.29, 0.717) is 12.2 Å². The number of hydrogen-bond donors (Lipinski definition) is 2. The Hall–Kier alpha value is -2.21. The van der Waals surface area contributed by atoms with Gasteiger partial charge in [-0.05, 0) is 31.0 Å². The summed E-state index contributed by atoms with van der Waals surface area (Å²) in [5.41, 5.74) is 2.11. The molecule has 2 aromatic rings. The van der Waals surface area contributed by atoms with Gasteiger partial charge in [-0.3, -0.25) is 14.9 Å². The smallest absolute Gasteiger partial charge is 0.269 e. The highest BCUT2D eigenvalue weighted by atomic mass is 16.5. The first-order valence-electron chi connectivity index (χ1n) is 6.68. The number of hydrogen-bond acceptors (Lipinski definition) is 4. The van der Waals surface area contributed by atoms with Crippen molar-refractivity contribution in [1.29, 1.82) is 0 Å². The van der Waals surface area contributed by atoms with Crippen LogP contribution in [0.15, 0.2) is 30.6 Å². The Kier molecular flexibility index (Phi) is 3.73. The van der Waals surface area contributed by atoms with Crippen molar-refractivity contribution in [2.45, 2.75) is 18.9 Å². The summed E-state index contributed by atoms with van der Waals surface area (Å²) in [4.78, 5) is 16.0. The molecule has 1 aliphatic rings. The van der Waals surface area contributed by atoms with Crippen molar-refractivity contribution in [3.05, 3.63) is 36.3 Å². The van der Waals surface area contributed by atoms with Gasteiger partial charge in [0.05, 0.1) is 11.8 Å². The van der Waals surface area contributed by atoms with Gasteiger partial charge in [0.2, 0.25) is 0 Å². The van der Waals surface area contributed by atoms with Crippen LogP contribution in [-0.2, 0) is 4.74 Å². The van der Waals surface area contributed by atoms with E-state index < -0.39 is 0 Å². The van der Waals surface area contributed by atoms with Gasteiger partial charge in [-0.1, -0.05) is 0 Å². The second-order valence-corrected chi connectivity index (χ2v) is 4.75. The van der Waals surface area contributed by atoms with Crippen LogP contribution in [0.4, 0.5) is 0 Å². The van der Waals surface area contributed by atoms with Crippen molar-refractivity contribution in [2.24, 2.45) is 0 Å². The van der Waals surface area contributed by atoms with Gasteiger partial charge in [0.1, 0.15) is 5.69 Å². The number of pyridine rings is 1. The number of aromatic amines is 1. The maximum absolute atomic E-state index is 12.0. The molecule has 2 N–H and O–H groups in total. The monoisotopic (exact) mass is 272 g/mol. The SMILES string of the molecule is O=C(NCC1CCCO1)c1cc(-c2ccncc2)n[nH]1. The summed E-state index contributed by atoms with van der Waals surface area (Å²) >= 11 is 0. The molecule has 0 saturated carbocycles. The van der Waals surface area contributed by atoms with Crippen LogP contribution in [0.5, 0.6) is 0 Å². The highest BCUT2D eigenvalue weighted by Crippen LogP contribution is 2.16. The minimum absolute atomic E-state index is 0.140. The number of H-pyrrole nitrogens is 1. The molecule has 0 spiro atoms. The van der Waals surface area contributed by atoms with E-state index in [0.717, 1.165) is 30.7 Å². The van der Waals surface area contributed by atoms with Crippen LogP contribution >= 0.6 is 0 Å². The maximum Gasteiger partial charge on any atom is 0.269 e. The highest BCUT2D eigenvalue weighted by Gasteiger charge is 2.17. The molecule has 0 aliphatic carbocycles. The minimum atomic E-state index is -0.159. The van der Waals surface area contributed by atoms with Crippen molar-refractivity contribution in [2.75, 3.05) is 13.2 Å². The summed E-state index contributed by atoms with van der Waals surface area (Å²) in [5.74, 6) is -0.159. The van der Waals surface area contributed by atoms with E-state index in [1.807, 2.05) is 12.1 Å². The number of nitrogens with one attached hydrogen (secondary N) is 2. The van der Waals surface area contributed by atoms with Gasteiger partial charge in [-0.15, -0.1) is 0 Å². The molecule has 1 saturated heterocycles. The molecule has 2 aromatic heterocycles. The predicted molar refractivity (Wildman–Crippen MR) is 73.1 cm³/mol. The third kappa shape index (κ3) is 2.85. The Bertz CT molecular complexity index is 576. The van der Waals surface area contributed by atoms with Crippen LogP contribution in [0, 0.1) is 0 Å². The first-order valence-corrected chi connectivity index (χ1v) is 6.68. The first-order chi connectivity index (χ1) is 9.83. The molecule has 0 bridgehead atoms. The molecule has 104 valence electrons. The summed E-state index contributed by atoms with van der Waals surface area (Å²) < 4.78 is 5.47. The van der Waals surface area contributed by atoms with Gasteiger partial charge < -0.3 is 10.1 Å². The van der Waals surface area contributed by atoms with Crippen LogP contribution in [0.1, 0.15) is 23.3 Å². The fraction of sp³-hybridized carbons (Fsp3) is 0.357. The van der Waals surface area contributed by atoms with Gasteiger partial charge in [0, 0.05) is 31.1 Å². The van der Waals surface area contributed by atoms with Gasteiger partial charge in [0.15, 0.2) is 0 Å². The largest absolute Gasteiger partial charge is 0.376 e. The first kappa shape index (κ1) is 12.8. The average Bonchev–Trinajstić information content (AvgIpc) is 3.17. The third-order valence-electron chi connectivity index (χ3n) is 3.31. The van der Waals surface area contributed by atoms with Gasteiger partial charge in [-0.25, -0.2) is 0 Å². The van der Waals surface area contributed by atoms with E-state index in [2.05, 4.69) is 20.5 Å². The van der Waals surface area contributed by atoms with Gasteiger partial charge in [0.25, 0.3) is 5.91 Å². The Labute approximate surface area is 116 Å². The number of nitrogens with zero attached hydrogens (tertiary/aromatic N) is 2. The van der Waals surface area contributed by atoms with Crippen LogP contribution < -0.4 is 5.32 Å². The molecule has 6 heteroatoms. The fourth-order valence-corrected chi connectivity index (χ4v) is 2.22. The zero-order chi connectivity index (χ0) is 13.8. The lowest BCUT2D eigenvalue weighted by Gasteiger charge is -2.09. The van der Waals surface area contributed by atoms with E-state index in [1.165, 1.54) is 0 Å². The summed E-state index contributed by atoms with van der Waals surface area (Å²) in [5, 5.41) is 9.76. The third-order valence-corrected chi connectivity index (χ3v) is 3.31. The Balaban J connectivity index is 1.62. The number of carbonyl (C=O) groups excluding carboxylic acids is 1. The van der Waals surface area contributed by atoms with Crippen LogP contribution in [0.3, 0.4) is 0 Å². The number of rotatable bonds is 4. The summed E-state index contributed by atoms with van der Waals surface area (Å²) in [6.07, 6.45) is 5.60. The lowest BCUT2D eigenvalue weighted by molar-refractivity contribution is 0.0853. The Morgan fingerprint density at radius 1 is 1.45 bits per heavy atom. The molecule has 1 fully saturated rings. The molecular formula is C14H16N4O2. The van der Waals surface area contributed by atoms with E-state index in [-0.39, 0.29) is 12.0 Å². The summed E-state index contributed by atoms with van der Waals surface area (Å²) in [6.45, 7) is 1.33. The molecule has 1 amide bonds. The lowest BCUT2D eigenvalue weighted by Crippen LogP contribution is -2.31. The highest BCUT2D eigenvalue weighted by molar-refractivity contribution is 5.93. The second kappa shape index (κ2) is 5.83. The minimum Gasteiger partial charge on any atom is -0.376 e. The Morgan fingerprint density at radius 3 is 3.05 bits per heavy atom. The molecule has 1 aliphatic heterocycles. The number of carbonyl (C=O) groups is 1. The van der Waals surface area contributed by atoms with Crippen LogP contribution in [0.2, 0.25) is 0 Å². The summed E-state index contributed by atoms with van der Waals surface area (Å²) in [6, 6.07) is 5.44. The lowest BCUT2D eigenvalue weighted by atomic mass is 10.2. The molecule has 3 heterocycles. The second-order valence-electron chi connectivity index (χ2n) is 4.75. The molecule has 20 heavy (non-hydrogen) atoms.